The monoisotopic (exact) mass is 222 g/mol. The van der Waals surface area contributed by atoms with Crippen LogP contribution in [0, 0.1) is 0 Å². The second-order valence-corrected chi connectivity index (χ2v) is 3.89. The third-order valence-electron chi connectivity index (χ3n) is 2.24. The maximum absolute atomic E-state index is 5.60. The molecule has 1 rings (SSSR count). The molecular weight excluding hydrogens is 204 g/mol. The van der Waals surface area contributed by atoms with Crippen molar-refractivity contribution in [1.82, 2.24) is 0 Å². The van der Waals surface area contributed by atoms with E-state index in [2.05, 4.69) is 0 Å². The molecule has 0 saturated carbocycles. The maximum atomic E-state index is 5.60. The molecule has 0 bridgehead atoms. The Labute approximate surface area is 90.7 Å². The van der Waals surface area contributed by atoms with Crippen LogP contribution in [-0.2, 0) is 14.2 Å². The fourth-order valence-electron chi connectivity index (χ4n) is 1.51. The summed E-state index contributed by atoms with van der Waals surface area (Å²) in [6.45, 7) is 1.28. The van der Waals surface area contributed by atoms with E-state index in [-0.39, 0.29) is 12.4 Å². The van der Waals surface area contributed by atoms with E-state index in [0.717, 1.165) is 31.6 Å². The van der Waals surface area contributed by atoms with Crippen LogP contribution in [0.25, 0.3) is 0 Å². The van der Waals surface area contributed by atoms with Crippen LogP contribution in [0.5, 0.6) is 0 Å². The summed E-state index contributed by atoms with van der Waals surface area (Å²) in [6.07, 6.45) is 4.43. The van der Waals surface area contributed by atoms with E-state index in [1.807, 2.05) is 0 Å². The summed E-state index contributed by atoms with van der Waals surface area (Å²) in [5.41, 5.74) is 0. The molecule has 0 aromatic carbocycles. The van der Waals surface area contributed by atoms with Crippen molar-refractivity contribution in [2.75, 3.05) is 26.2 Å². The Bertz CT molecular complexity index is 143. The Balaban J connectivity index is 1.98. The lowest BCUT2D eigenvalue weighted by atomic mass is 10.2. The highest BCUT2D eigenvalue weighted by molar-refractivity contribution is 6.17. The van der Waals surface area contributed by atoms with E-state index in [1.165, 1.54) is 0 Å². The van der Waals surface area contributed by atoms with Crippen molar-refractivity contribution in [2.24, 2.45) is 0 Å². The van der Waals surface area contributed by atoms with Gasteiger partial charge in [0.15, 0.2) is 6.29 Å². The molecule has 0 aliphatic carbocycles. The SMILES string of the molecule is COCC1COC(CCCCCCl)O1. The summed E-state index contributed by atoms with van der Waals surface area (Å²) >= 11 is 5.58. The van der Waals surface area contributed by atoms with Gasteiger partial charge in [0, 0.05) is 13.0 Å². The third-order valence-corrected chi connectivity index (χ3v) is 2.51. The van der Waals surface area contributed by atoms with Crippen molar-refractivity contribution in [3.8, 4) is 0 Å². The molecule has 1 fully saturated rings. The number of rotatable bonds is 7. The summed E-state index contributed by atoms with van der Waals surface area (Å²) < 4.78 is 16.1. The summed E-state index contributed by atoms with van der Waals surface area (Å²) in [5, 5.41) is 0. The highest BCUT2D eigenvalue weighted by Gasteiger charge is 2.24. The van der Waals surface area contributed by atoms with Crippen LogP contribution in [0.2, 0.25) is 0 Å². The second kappa shape index (κ2) is 7.46. The molecule has 0 N–H and O–H groups in total. The Morgan fingerprint density at radius 2 is 2.21 bits per heavy atom. The smallest absolute Gasteiger partial charge is 0.158 e. The van der Waals surface area contributed by atoms with E-state index in [9.17, 15) is 0 Å². The molecule has 1 saturated heterocycles. The molecule has 0 radical (unpaired) electrons. The van der Waals surface area contributed by atoms with Crippen LogP contribution in [0.15, 0.2) is 0 Å². The first-order valence-electron chi connectivity index (χ1n) is 5.18. The molecule has 84 valence electrons. The fraction of sp³-hybridized carbons (Fsp3) is 1.00. The number of hydrogen-bond acceptors (Lipinski definition) is 3. The summed E-state index contributed by atoms with van der Waals surface area (Å²) in [6, 6.07) is 0. The van der Waals surface area contributed by atoms with Crippen LogP contribution >= 0.6 is 11.6 Å². The molecular formula is C10H19ClO3. The molecule has 3 nitrogen and oxygen atoms in total. The predicted octanol–water partition coefficient (Wildman–Crippen LogP) is 2.17. The van der Waals surface area contributed by atoms with Crippen molar-refractivity contribution in [1.29, 1.82) is 0 Å². The summed E-state index contributed by atoms with van der Waals surface area (Å²) in [4.78, 5) is 0. The molecule has 1 heterocycles. The number of alkyl halides is 1. The molecule has 0 aromatic heterocycles. The van der Waals surface area contributed by atoms with Gasteiger partial charge in [-0.2, -0.15) is 0 Å². The molecule has 2 atom stereocenters. The lowest BCUT2D eigenvalue weighted by molar-refractivity contribution is -0.0728. The van der Waals surface area contributed by atoms with Crippen LogP contribution < -0.4 is 0 Å². The highest BCUT2D eigenvalue weighted by Crippen LogP contribution is 2.17. The van der Waals surface area contributed by atoms with Gasteiger partial charge in [-0.15, -0.1) is 11.6 Å². The Hall–Kier alpha value is 0.170. The van der Waals surface area contributed by atoms with Gasteiger partial charge in [0.25, 0.3) is 0 Å². The molecule has 0 aromatic rings. The molecule has 14 heavy (non-hydrogen) atoms. The lowest BCUT2D eigenvalue weighted by Gasteiger charge is -2.10. The highest BCUT2D eigenvalue weighted by atomic mass is 35.5. The number of unbranched alkanes of at least 4 members (excludes halogenated alkanes) is 2. The number of ether oxygens (including phenoxy) is 3. The summed E-state index contributed by atoms with van der Waals surface area (Å²) in [5.74, 6) is 0.749. The molecule has 0 amide bonds. The quantitative estimate of drug-likeness (QED) is 0.488. The van der Waals surface area contributed by atoms with Gasteiger partial charge in [-0.3, -0.25) is 0 Å². The average Bonchev–Trinajstić information content (AvgIpc) is 2.61. The molecule has 4 heteroatoms. The van der Waals surface area contributed by atoms with Crippen molar-refractivity contribution >= 4 is 11.6 Å². The standard InChI is InChI=1S/C10H19ClO3/c1-12-7-9-8-13-10(14-9)5-3-2-4-6-11/h9-10H,2-8H2,1H3. The van der Waals surface area contributed by atoms with Gasteiger partial charge in [0.2, 0.25) is 0 Å². The van der Waals surface area contributed by atoms with Gasteiger partial charge in [0.1, 0.15) is 6.10 Å². The predicted molar refractivity (Wildman–Crippen MR) is 55.7 cm³/mol. The minimum absolute atomic E-state index is 0.0227. The Kier molecular flexibility index (Phi) is 6.52. The van der Waals surface area contributed by atoms with Crippen LogP contribution in [0.4, 0.5) is 0 Å². The zero-order valence-electron chi connectivity index (χ0n) is 8.71. The number of halogens is 1. The molecule has 1 aliphatic heterocycles. The first-order valence-corrected chi connectivity index (χ1v) is 5.72. The van der Waals surface area contributed by atoms with Crippen molar-refractivity contribution in [3.05, 3.63) is 0 Å². The van der Waals surface area contributed by atoms with Crippen LogP contribution in [0.1, 0.15) is 25.7 Å². The van der Waals surface area contributed by atoms with Crippen LogP contribution in [0.3, 0.4) is 0 Å². The van der Waals surface area contributed by atoms with Gasteiger partial charge in [-0.1, -0.05) is 6.42 Å². The third kappa shape index (κ3) is 4.60. The van der Waals surface area contributed by atoms with Gasteiger partial charge in [-0.05, 0) is 19.3 Å². The van der Waals surface area contributed by atoms with E-state index in [4.69, 9.17) is 25.8 Å². The van der Waals surface area contributed by atoms with E-state index in [0.29, 0.717) is 13.2 Å². The van der Waals surface area contributed by atoms with E-state index >= 15 is 0 Å². The Morgan fingerprint density at radius 1 is 1.36 bits per heavy atom. The van der Waals surface area contributed by atoms with Crippen LogP contribution in [-0.4, -0.2) is 38.6 Å². The van der Waals surface area contributed by atoms with E-state index < -0.39 is 0 Å². The molecule has 0 spiro atoms. The van der Waals surface area contributed by atoms with E-state index in [1.54, 1.807) is 7.11 Å². The summed E-state index contributed by atoms with van der Waals surface area (Å²) in [7, 11) is 1.68. The largest absolute Gasteiger partial charge is 0.382 e. The van der Waals surface area contributed by atoms with Crippen molar-refractivity contribution < 1.29 is 14.2 Å². The number of hydrogen-bond donors (Lipinski definition) is 0. The minimum atomic E-state index is -0.0227. The van der Waals surface area contributed by atoms with Gasteiger partial charge < -0.3 is 14.2 Å². The van der Waals surface area contributed by atoms with Gasteiger partial charge in [-0.25, -0.2) is 0 Å². The average molecular weight is 223 g/mol. The first-order chi connectivity index (χ1) is 6.86. The zero-order valence-corrected chi connectivity index (χ0v) is 9.46. The fourth-order valence-corrected chi connectivity index (χ4v) is 1.70. The molecule has 2 unspecified atom stereocenters. The zero-order chi connectivity index (χ0) is 10.2. The van der Waals surface area contributed by atoms with Gasteiger partial charge in [0.05, 0.1) is 13.2 Å². The normalized spacial score (nSPS) is 27.0. The second-order valence-electron chi connectivity index (χ2n) is 3.51. The van der Waals surface area contributed by atoms with Gasteiger partial charge >= 0.3 is 0 Å². The lowest BCUT2D eigenvalue weighted by Crippen LogP contribution is -2.17. The molecule has 1 aliphatic rings. The maximum Gasteiger partial charge on any atom is 0.158 e. The topological polar surface area (TPSA) is 27.7 Å². The van der Waals surface area contributed by atoms with Crippen molar-refractivity contribution in [3.63, 3.8) is 0 Å². The Morgan fingerprint density at radius 3 is 2.93 bits per heavy atom. The number of methoxy groups -OCH3 is 1. The van der Waals surface area contributed by atoms with Crippen molar-refractivity contribution in [2.45, 2.75) is 38.1 Å². The minimum Gasteiger partial charge on any atom is -0.382 e. The first kappa shape index (κ1) is 12.2.